The van der Waals surface area contributed by atoms with Crippen LogP contribution in [0.5, 0.6) is 5.75 Å². The van der Waals surface area contributed by atoms with E-state index >= 15 is 0 Å². The molecule has 3 heterocycles. The second kappa shape index (κ2) is 8.32. The van der Waals surface area contributed by atoms with Crippen LogP contribution < -0.4 is 15.0 Å². The molecule has 2 aromatic heterocycles. The third-order valence-corrected chi connectivity index (χ3v) is 6.06. The van der Waals surface area contributed by atoms with Gasteiger partial charge in [-0.05, 0) is 55.7 Å². The number of rotatable bonds is 5. The van der Waals surface area contributed by atoms with Gasteiger partial charge in [0.15, 0.2) is 11.7 Å². The second-order valence-electron chi connectivity index (χ2n) is 6.85. The van der Waals surface area contributed by atoms with Gasteiger partial charge in [0.1, 0.15) is 16.1 Å². The first-order valence-corrected chi connectivity index (χ1v) is 10.4. The minimum atomic E-state index is -0.100. The molecule has 3 aromatic rings. The average molecular weight is 417 g/mol. The number of carbonyl (C=O) groups excluding carboxylic acids is 1. The third-order valence-electron chi connectivity index (χ3n) is 4.78. The molecule has 0 aliphatic carbocycles. The van der Waals surface area contributed by atoms with E-state index in [4.69, 9.17) is 16.3 Å². The van der Waals surface area contributed by atoms with E-state index in [1.807, 2.05) is 25.1 Å². The lowest BCUT2D eigenvalue weighted by molar-refractivity contribution is -0.123. The molecule has 0 unspecified atom stereocenters. The van der Waals surface area contributed by atoms with E-state index in [1.165, 1.54) is 0 Å². The Bertz CT molecular complexity index is 952. The van der Waals surface area contributed by atoms with Crippen LogP contribution in [0.4, 0.5) is 5.13 Å². The quantitative estimate of drug-likeness (QED) is 0.684. The molecular formula is C20H21ClN4O2S. The number of aromatic nitrogens is 2. The Labute approximate surface area is 172 Å². The molecule has 0 radical (unpaired) electrons. The van der Waals surface area contributed by atoms with Crippen LogP contribution in [-0.2, 0) is 4.79 Å². The molecule has 1 aliphatic heterocycles. The highest BCUT2D eigenvalue weighted by Gasteiger charge is 2.23. The number of thiazole rings is 1. The van der Waals surface area contributed by atoms with Crippen molar-refractivity contribution in [3.63, 3.8) is 0 Å². The van der Waals surface area contributed by atoms with Gasteiger partial charge in [-0.25, -0.2) is 9.97 Å². The Morgan fingerprint density at radius 3 is 2.93 bits per heavy atom. The van der Waals surface area contributed by atoms with Gasteiger partial charge in [-0.3, -0.25) is 4.79 Å². The van der Waals surface area contributed by atoms with Crippen molar-refractivity contribution >= 4 is 44.3 Å². The van der Waals surface area contributed by atoms with Crippen LogP contribution in [-0.4, -0.2) is 41.6 Å². The fourth-order valence-electron chi connectivity index (χ4n) is 3.30. The Morgan fingerprint density at radius 1 is 1.36 bits per heavy atom. The predicted octanol–water partition coefficient (Wildman–Crippen LogP) is 3.82. The van der Waals surface area contributed by atoms with Crippen LogP contribution in [0.2, 0.25) is 5.02 Å². The first-order valence-electron chi connectivity index (χ1n) is 9.23. The van der Waals surface area contributed by atoms with Crippen molar-refractivity contribution in [2.24, 2.45) is 0 Å². The van der Waals surface area contributed by atoms with E-state index < -0.39 is 0 Å². The number of hydrogen-bond acceptors (Lipinski definition) is 6. The van der Waals surface area contributed by atoms with Crippen LogP contribution >= 0.6 is 22.9 Å². The molecule has 0 atom stereocenters. The number of fused-ring (bicyclic) bond motifs is 1. The normalized spacial score (nSPS) is 15.0. The molecule has 0 saturated carbocycles. The number of pyridine rings is 1. The minimum absolute atomic E-state index is 0.00618. The van der Waals surface area contributed by atoms with Gasteiger partial charge in [0.2, 0.25) is 0 Å². The number of aryl methyl sites for hydroxylation is 1. The van der Waals surface area contributed by atoms with Crippen LogP contribution in [0.3, 0.4) is 0 Å². The van der Waals surface area contributed by atoms with Gasteiger partial charge >= 0.3 is 0 Å². The van der Waals surface area contributed by atoms with Gasteiger partial charge in [-0.2, -0.15) is 0 Å². The van der Waals surface area contributed by atoms with E-state index in [9.17, 15) is 4.79 Å². The van der Waals surface area contributed by atoms with Crippen LogP contribution in [0, 0.1) is 6.92 Å². The molecule has 4 rings (SSSR count). The number of hydrogen-bond donors (Lipinski definition) is 1. The summed E-state index contributed by atoms with van der Waals surface area (Å²) in [7, 11) is 0. The van der Waals surface area contributed by atoms with Crippen LogP contribution in [0.15, 0.2) is 36.5 Å². The van der Waals surface area contributed by atoms with Crippen molar-refractivity contribution in [2.45, 2.75) is 25.8 Å². The topological polar surface area (TPSA) is 67.3 Å². The molecule has 0 spiro atoms. The molecule has 28 heavy (non-hydrogen) atoms. The highest BCUT2D eigenvalue weighted by atomic mass is 35.5. The molecule has 6 nitrogen and oxygen atoms in total. The number of piperidine rings is 1. The number of ether oxygens (including phenoxy) is 1. The minimum Gasteiger partial charge on any atom is -0.484 e. The summed E-state index contributed by atoms with van der Waals surface area (Å²) in [6.07, 6.45) is 3.56. The molecular weight excluding hydrogens is 396 g/mol. The van der Waals surface area contributed by atoms with Gasteiger partial charge in [0, 0.05) is 30.4 Å². The van der Waals surface area contributed by atoms with Crippen molar-refractivity contribution in [2.75, 3.05) is 24.6 Å². The van der Waals surface area contributed by atoms with Crippen LogP contribution in [0.25, 0.3) is 10.3 Å². The van der Waals surface area contributed by atoms with Gasteiger partial charge in [-0.1, -0.05) is 22.9 Å². The first kappa shape index (κ1) is 19.0. The van der Waals surface area contributed by atoms with E-state index in [1.54, 1.807) is 29.7 Å². The second-order valence-corrected chi connectivity index (χ2v) is 8.24. The average Bonchev–Trinajstić information content (AvgIpc) is 3.12. The molecule has 0 bridgehead atoms. The molecule has 146 valence electrons. The Kier molecular flexibility index (Phi) is 5.64. The lowest BCUT2D eigenvalue weighted by Crippen LogP contribution is -2.46. The summed E-state index contributed by atoms with van der Waals surface area (Å²) in [6.45, 7) is 3.64. The fraction of sp³-hybridized carbons (Fsp3) is 0.350. The standard InChI is InChI=1S/C20H21ClN4O2S/c1-13-11-14(21)4-5-17(13)27-12-18(26)23-15-6-9-25(10-7-15)20-24-16-3-2-8-22-19(16)28-20/h2-5,8,11,15H,6-7,9-10,12H2,1H3,(H,23,26). The smallest absolute Gasteiger partial charge is 0.258 e. The monoisotopic (exact) mass is 416 g/mol. The van der Waals surface area contributed by atoms with Gasteiger partial charge in [0.05, 0.1) is 0 Å². The Balaban J connectivity index is 1.26. The highest BCUT2D eigenvalue weighted by Crippen LogP contribution is 2.29. The number of nitrogens with one attached hydrogen (secondary N) is 1. The van der Waals surface area contributed by atoms with Crippen LogP contribution in [0.1, 0.15) is 18.4 Å². The summed E-state index contributed by atoms with van der Waals surface area (Å²) in [5.74, 6) is 0.579. The Morgan fingerprint density at radius 2 is 2.18 bits per heavy atom. The molecule has 1 N–H and O–H groups in total. The maximum atomic E-state index is 12.2. The SMILES string of the molecule is Cc1cc(Cl)ccc1OCC(=O)NC1CCN(c2nc3cccnc3s2)CC1. The predicted molar refractivity (Wildman–Crippen MR) is 112 cm³/mol. The van der Waals surface area contributed by atoms with Gasteiger partial charge < -0.3 is 15.0 Å². The van der Waals surface area contributed by atoms with E-state index in [0.29, 0.717) is 10.8 Å². The summed E-state index contributed by atoms with van der Waals surface area (Å²) in [6, 6.07) is 9.41. The lowest BCUT2D eigenvalue weighted by Gasteiger charge is -2.32. The van der Waals surface area contributed by atoms with E-state index in [-0.39, 0.29) is 18.6 Å². The number of benzene rings is 1. The number of carbonyl (C=O) groups is 1. The zero-order valence-corrected chi connectivity index (χ0v) is 17.1. The summed E-state index contributed by atoms with van der Waals surface area (Å²) in [5, 5.41) is 4.73. The van der Waals surface area contributed by atoms with Crippen molar-refractivity contribution in [1.82, 2.24) is 15.3 Å². The summed E-state index contributed by atoms with van der Waals surface area (Å²) in [5.41, 5.74) is 1.85. The number of halogens is 1. The first-order chi connectivity index (χ1) is 13.6. The van der Waals surface area contributed by atoms with Crippen molar-refractivity contribution < 1.29 is 9.53 Å². The molecule has 8 heteroatoms. The number of amides is 1. The number of nitrogens with zero attached hydrogens (tertiary/aromatic N) is 3. The van der Waals surface area contributed by atoms with E-state index in [0.717, 1.165) is 47.0 Å². The molecule has 1 saturated heterocycles. The molecule has 1 aromatic carbocycles. The number of anilines is 1. The maximum Gasteiger partial charge on any atom is 0.258 e. The zero-order valence-electron chi connectivity index (χ0n) is 15.5. The van der Waals surface area contributed by atoms with Crippen molar-refractivity contribution in [3.05, 3.63) is 47.1 Å². The maximum absolute atomic E-state index is 12.2. The lowest BCUT2D eigenvalue weighted by atomic mass is 10.1. The molecule has 1 fully saturated rings. The van der Waals surface area contributed by atoms with Gasteiger partial charge in [-0.15, -0.1) is 0 Å². The van der Waals surface area contributed by atoms with E-state index in [2.05, 4.69) is 20.2 Å². The van der Waals surface area contributed by atoms with Crippen molar-refractivity contribution in [3.8, 4) is 5.75 Å². The highest BCUT2D eigenvalue weighted by molar-refractivity contribution is 7.21. The summed E-state index contributed by atoms with van der Waals surface area (Å²) >= 11 is 7.56. The third kappa shape index (κ3) is 4.36. The largest absolute Gasteiger partial charge is 0.484 e. The molecule has 1 amide bonds. The Hall–Kier alpha value is -2.38. The molecule has 1 aliphatic rings. The van der Waals surface area contributed by atoms with Crippen molar-refractivity contribution in [1.29, 1.82) is 0 Å². The van der Waals surface area contributed by atoms with Gasteiger partial charge in [0.25, 0.3) is 5.91 Å². The fourth-order valence-corrected chi connectivity index (χ4v) is 4.48. The summed E-state index contributed by atoms with van der Waals surface area (Å²) in [4.78, 5) is 24.5. The summed E-state index contributed by atoms with van der Waals surface area (Å²) < 4.78 is 5.62. The zero-order chi connectivity index (χ0) is 19.5.